The van der Waals surface area contributed by atoms with Gasteiger partial charge in [0.1, 0.15) is 0 Å². The first-order chi connectivity index (χ1) is 23.1. The van der Waals surface area contributed by atoms with Crippen molar-refractivity contribution in [3.8, 4) is 0 Å². The van der Waals surface area contributed by atoms with Crippen LogP contribution in [0.5, 0.6) is 0 Å². The van der Waals surface area contributed by atoms with E-state index in [1.54, 1.807) is 12.1 Å². The number of carbonyl (C=O) groups is 2. The number of fused-ring (bicyclic) bond motifs is 7. The lowest BCUT2D eigenvalue weighted by Gasteiger charge is -2.72. The van der Waals surface area contributed by atoms with Gasteiger partial charge in [0.2, 0.25) is 5.91 Å². The zero-order valence-corrected chi connectivity index (χ0v) is 31.2. The van der Waals surface area contributed by atoms with Crippen molar-refractivity contribution in [3.63, 3.8) is 0 Å². The van der Waals surface area contributed by atoms with Crippen LogP contribution in [0.4, 0.5) is 0 Å². The number of benzene rings is 1. The lowest BCUT2D eigenvalue weighted by atomic mass is 9.32. The van der Waals surface area contributed by atoms with Gasteiger partial charge in [-0.2, -0.15) is 0 Å². The second kappa shape index (κ2) is 12.1. The molecule has 9 atom stereocenters. The van der Waals surface area contributed by atoms with E-state index in [4.69, 9.17) is 0 Å². The number of nitrogens with zero attached hydrogens (tertiary/aromatic N) is 2. The Hall–Kier alpha value is -2.44. The summed E-state index contributed by atoms with van der Waals surface area (Å²) in [5.74, 6) is 2.06. The number of carboxylic acid groups (broad SMARTS) is 1. The summed E-state index contributed by atoms with van der Waals surface area (Å²) in [5.41, 5.74) is 4.46. The molecule has 4 saturated carbocycles. The van der Waals surface area contributed by atoms with Crippen molar-refractivity contribution >= 4 is 17.4 Å². The van der Waals surface area contributed by atoms with Crippen molar-refractivity contribution in [2.75, 3.05) is 39.3 Å². The lowest BCUT2D eigenvalue weighted by molar-refractivity contribution is -0.226. The number of allylic oxidation sites excluding steroid dienone is 3. The molecule has 1 saturated heterocycles. The summed E-state index contributed by atoms with van der Waals surface area (Å²) in [7, 11) is 0. The van der Waals surface area contributed by atoms with Gasteiger partial charge in [-0.05, 0) is 139 Å². The molecule has 5 fully saturated rings. The number of carboxylic acids is 1. The van der Waals surface area contributed by atoms with Crippen molar-refractivity contribution < 1.29 is 19.8 Å². The number of aliphatic hydroxyl groups excluding tert-OH is 1. The normalized spacial score (nSPS) is 41.5. The van der Waals surface area contributed by atoms with Crippen LogP contribution in [0.3, 0.4) is 0 Å². The van der Waals surface area contributed by atoms with Gasteiger partial charge >= 0.3 is 5.97 Å². The maximum atomic E-state index is 14.8. The third-order valence-electron chi connectivity index (χ3n) is 16.6. The molecule has 0 aromatic heterocycles. The highest BCUT2D eigenvalue weighted by Gasteiger charge is 2.71. The van der Waals surface area contributed by atoms with Gasteiger partial charge in [0.05, 0.1) is 17.6 Å². The van der Waals surface area contributed by atoms with Gasteiger partial charge in [-0.25, -0.2) is 4.79 Å². The summed E-state index contributed by atoms with van der Waals surface area (Å²) in [6.45, 7) is 23.8. The molecule has 49 heavy (non-hydrogen) atoms. The summed E-state index contributed by atoms with van der Waals surface area (Å²) in [6, 6.07) is 7.55. The third-order valence-corrected chi connectivity index (χ3v) is 16.6. The number of rotatable bonds is 6. The Morgan fingerprint density at radius 2 is 1.55 bits per heavy atom. The molecule has 6 heteroatoms. The second-order valence-corrected chi connectivity index (χ2v) is 18.6. The molecule has 2 N–H and O–H groups in total. The topological polar surface area (TPSA) is 81.1 Å². The van der Waals surface area contributed by atoms with Crippen LogP contribution in [-0.2, 0) is 4.79 Å². The molecule has 1 amide bonds. The summed E-state index contributed by atoms with van der Waals surface area (Å²) < 4.78 is 0. The number of hydrogen-bond acceptors (Lipinski definition) is 4. The minimum absolute atomic E-state index is 0.0112. The van der Waals surface area contributed by atoms with Gasteiger partial charge in [0.15, 0.2) is 0 Å². The van der Waals surface area contributed by atoms with Crippen LogP contribution in [-0.4, -0.2) is 71.2 Å². The number of carbonyl (C=O) groups excluding carboxylic acids is 1. The summed E-state index contributed by atoms with van der Waals surface area (Å²) in [4.78, 5) is 30.9. The molecule has 7 rings (SSSR count). The number of hydrogen-bond donors (Lipinski definition) is 2. The summed E-state index contributed by atoms with van der Waals surface area (Å²) >= 11 is 0. The largest absolute Gasteiger partial charge is 0.478 e. The molecule has 0 radical (unpaired) electrons. The predicted molar refractivity (Wildman–Crippen MR) is 196 cm³/mol. The van der Waals surface area contributed by atoms with E-state index < -0.39 is 5.97 Å². The van der Waals surface area contributed by atoms with Gasteiger partial charge in [-0.15, -0.1) is 0 Å². The minimum Gasteiger partial charge on any atom is -0.478 e. The van der Waals surface area contributed by atoms with Crippen LogP contribution < -0.4 is 0 Å². The molecule has 6 nitrogen and oxygen atoms in total. The molecule has 0 spiro atoms. The second-order valence-electron chi connectivity index (χ2n) is 18.6. The molecular formula is C43H62N2O4. The maximum Gasteiger partial charge on any atom is 0.335 e. The molecule has 1 aromatic rings. The fourth-order valence-corrected chi connectivity index (χ4v) is 14.0. The lowest BCUT2D eigenvalue weighted by Crippen LogP contribution is -2.66. The molecule has 0 bridgehead atoms. The van der Waals surface area contributed by atoms with Gasteiger partial charge in [-0.1, -0.05) is 65.0 Å². The molecule has 5 aliphatic carbocycles. The molecule has 0 unspecified atom stereocenters. The first kappa shape index (κ1) is 35.0. The Balaban J connectivity index is 1.20. The van der Waals surface area contributed by atoms with E-state index in [-0.39, 0.29) is 33.7 Å². The number of aromatic carboxylic acids is 1. The van der Waals surface area contributed by atoms with Crippen LogP contribution in [0.2, 0.25) is 0 Å². The fraction of sp³-hybridized carbons (Fsp3) is 0.721. The zero-order valence-electron chi connectivity index (χ0n) is 31.2. The monoisotopic (exact) mass is 670 g/mol. The van der Waals surface area contributed by atoms with Crippen LogP contribution in [0, 0.1) is 56.7 Å². The van der Waals surface area contributed by atoms with Crippen molar-refractivity contribution in [1.29, 1.82) is 0 Å². The van der Waals surface area contributed by atoms with Gasteiger partial charge in [-0.3, -0.25) is 9.69 Å². The van der Waals surface area contributed by atoms with E-state index in [0.29, 0.717) is 47.6 Å². The van der Waals surface area contributed by atoms with Crippen LogP contribution in [0.1, 0.15) is 115 Å². The van der Waals surface area contributed by atoms with E-state index in [9.17, 15) is 19.8 Å². The molecular weight excluding hydrogens is 608 g/mol. The highest BCUT2D eigenvalue weighted by molar-refractivity contribution is 5.88. The SMILES string of the molecule is C=C(C)[C@@H]1CC[C@]2(C(=O)N3CCN(CCO)CC3)CC[C@]3(C)[C@H](CC[C@@H]4[C@@]5(C)CC=C(c6ccc(C(=O)O)cc6)C(C)(C)[C@@H]5CC[C@]43C)[C@@H]12. The number of piperazine rings is 1. The molecule has 1 heterocycles. The zero-order chi connectivity index (χ0) is 35.1. The Labute approximate surface area is 295 Å². The van der Waals surface area contributed by atoms with E-state index in [1.165, 1.54) is 36.8 Å². The van der Waals surface area contributed by atoms with Gasteiger partial charge in [0.25, 0.3) is 0 Å². The average Bonchev–Trinajstić information content (AvgIpc) is 3.46. The quantitative estimate of drug-likeness (QED) is 0.299. The van der Waals surface area contributed by atoms with E-state index in [0.717, 1.165) is 63.8 Å². The number of amides is 1. The Morgan fingerprint density at radius 1 is 0.857 bits per heavy atom. The number of β-amino-alcohol motifs (C(OH)–C–C–N with tert-alkyl or cyclic N) is 1. The molecule has 268 valence electrons. The highest BCUT2D eigenvalue weighted by atomic mass is 16.4. The van der Waals surface area contributed by atoms with E-state index in [1.807, 2.05) is 12.1 Å². The van der Waals surface area contributed by atoms with Crippen LogP contribution in [0.25, 0.3) is 5.57 Å². The van der Waals surface area contributed by atoms with Crippen LogP contribution in [0.15, 0.2) is 42.5 Å². The maximum absolute atomic E-state index is 14.8. The summed E-state index contributed by atoms with van der Waals surface area (Å²) in [6.07, 6.45) is 12.7. The molecule has 6 aliphatic rings. The van der Waals surface area contributed by atoms with E-state index >= 15 is 0 Å². The summed E-state index contributed by atoms with van der Waals surface area (Å²) in [5, 5.41) is 19.0. The van der Waals surface area contributed by atoms with Crippen molar-refractivity contribution in [1.82, 2.24) is 9.80 Å². The molecule has 1 aromatic carbocycles. The fourth-order valence-electron chi connectivity index (χ4n) is 14.0. The smallest absolute Gasteiger partial charge is 0.335 e. The van der Waals surface area contributed by atoms with Gasteiger partial charge in [0, 0.05) is 32.7 Å². The van der Waals surface area contributed by atoms with Gasteiger partial charge < -0.3 is 15.1 Å². The van der Waals surface area contributed by atoms with Crippen molar-refractivity contribution in [3.05, 3.63) is 53.6 Å². The molecule has 1 aliphatic heterocycles. The van der Waals surface area contributed by atoms with Crippen molar-refractivity contribution in [2.45, 2.75) is 99.3 Å². The highest BCUT2D eigenvalue weighted by Crippen LogP contribution is 2.78. The number of aliphatic hydroxyl groups is 1. The Morgan fingerprint density at radius 3 is 2.18 bits per heavy atom. The Bertz CT molecular complexity index is 1520. The Kier molecular flexibility index (Phi) is 8.62. The van der Waals surface area contributed by atoms with Crippen LogP contribution >= 0.6 is 0 Å². The minimum atomic E-state index is -0.875. The van der Waals surface area contributed by atoms with E-state index in [2.05, 4.69) is 64.0 Å². The van der Waals surface area contributed by atoms with Crippen molar-refractivity contribution in [2.24, 2.45) is 56.7 Å². The first-order valence-electron chi connectivity index (χ1n) is 19.5. The average molecular weight is 671 g/mol. The predicted octanol–water partition coefficient (Wildman–Crippen LogP) is 8.17. The first-order valence-corrected chi connectivity index (χ1v) is 19.5. The third kappa shape index (κ3) is 4.99. The standard InChI is InChI=1S/C43H62N2O4/c1-28(2)31-14-19-43(38(49)45-24-22-44(23-25-45)26-27-46)21-20-41(6)33(36(31)43)12-13-35-40(5)17-15-32(29-8-10-30(11-9-29)37(47)48)39(3,4)34(40)16-18-42(35,41)7/h8-11,15,31,33-36,46H,1,12-14,16-27H2,2-7H3,(H,47,48)/t31-,33+,34-,35+,36+,40-,41+,42+,43-/m0/s1.